The molecule has 0 saturated carbocycles. The Labute approximate surface area is 147 Å². The zero-order valence-corrected chi connectivity index (χ0v) is 14.7. The number of hydrogen-bond acceptors (Lipinski definition) is 3. The summed E-state index contributed by atoms with van der Waals surface area (Å²) in [4.78, 5) is 21.9. The summed E-state index contributed by atoms with van der Waals surface area (Å²) in [6.07, 6.45) is 0. The maximum atomic E-state index is 12.1. The molecule has 1 atom stereocenters. The Kier molecular flexibility index (Phi) is 4.88. The number of fused-ring (bicyclic) bond motifs is 1. The van der Waals surface area contributed by atoms with E-state index in [1.54, 1.807) is 0 Å². The fourth-order valence-electron chi connectivity index (χ4n) is 2.59. The molecule has 0 spiro atoms. The Morgan fingerprint density at radius 1 is 1.16 bits per heavy atom. The standard InChI is InChI=1S/C19H23N5O/c1-13(18-22-16-6-4-5-7-17(16)23-18)21-19(25)20-12-14-8-10-15(11-9-14)24(2)3/h4-11,13H,12H2,1-3H3,(H,22,23)(H2,20,21,25). The van der Waals surface area contributed by atoms with Crippen molar-refractivity contribution in [2.45, 2.75) is 19.5 Å². The topological polar surface area (TPSA) is 73.1 Å². The van der Waals surface area contributed by atoms with E-state index in [9.17, 15) is 4.79 Å². The Balaban J connectivity index is 1.54. The maximum Gasteiger partial charge on any atom is 0.315 e. The maximum absolute atomic E-state index is 12.1. The summed E-state index contributed by atoms with van der Waals surface area (Å²) in [5.41, 5.74) is 4.05. The minimum Gasteiger partial charge on any atom is -0.378 e. The van der Waals surface area contributed by atoms with Gasteiger partial charge in [0.2, 0.25) is 0 Å². The molecule has 130 valence electrons. The van der Waals surface area contributed by atoms with E-state index in [0.29, 0.717) is 6.54 Å². The Bertz CT molecular complexity index is 821. The fraction of sp³-hybridized carbons (Fsp3) is 0.263. The second kappa shape index (κ2) is 7.25. The number of rotatable bonds is 5. The number of hydrogen-bond donors (Lipinski definition) is 3. The van der Waals surface area contributed by atoms with Gasteiger partial charge < -0.3 is 20.5 Å². The van der Waals surface area contributed by atoms with E-state index in [4.69, 9.17) is 0 Å². The van der Waals surface area contributed by atoms with Crippen LogP contribution in [0.1, 0.15) is 24.4 Å². The summed E-state index contributed by atoms with van der Waals surface area (Å²) >= 11 is 0. The van der Waals surface area contributed by atoms with Gasteiger partial charge in [0.25, 0.3) is 0 Å². The molecule has 3 aromatic rings. The van der Waals surface area contributed by atoms with Gasteiger partial charge in [0.15, 0.2) is 0 Å². The molecule has 2 amide bonds. The van der Waals surface area contributed by atoms with E-state index in [0.717, 1.165) is 28.1 Å². The molecule has 0 aliphatic heterocycles. The van der Waals surface area contributed by atoms with Crippen LogP contribution in [0.25, 0.3) is 11.0 Å². The second-order valence-electron chi connectivity index (χ2n) is 6.25. The third-order valence-electron chi connectivity index (χ3n) is 4.07. The number of aromatic amines is 1. The molecule has 2 aromatic carbocycles. The first-order chi connectivity index (χ1) is 12.0. The fourth-order valence-corrected chi connectivity index (χ4v) is 2.59. The Hall–Kier alpha value is -3.02. The highest BCUT2D eigenvalue weighted by Crippen LogP contribution is 2.15. The van der Waals surface area contributed by atoms with E-state index < -0.39 is 0 Å². The highest BCUT2D eigenvalue weighted by Gasteiger charge is 2.13. The van der Waals surface area contributed by atoms with Crippen molar-refractivity contribution in [2.75, 3.05) is 19.0 Å². The summed E-state index contributed by atoms with van der Waals surface area (Å²) in [7, 11) is 4.00. The number of carbonyl (C=O) groups is 1. The predicted molar refractivity (Wildman–Crippen MR) is 101 cm³/mol. The van der Waals surface area contributed by atoms with Crippen LogP contribution in [0, 0.1) is 0 Å². The molecule has 0 aliphatic rings. The summed E-state index contributed by atoms with van der Waals surface area (Å²) in [6.45, 7) is 2.38. The smallest absolute Gasteiger partial charge is 0.315 e. The third-order valence-corrected chi connectivity index (χ3v) is 4.07. The molecule has 0 radical (unpaired) electrons. The molecule has 1 unspecified atom stereocenters. The molecule has 1 aromatic heterocycles. The summed E-state index contributed by atoms with van der Waals surface area (Å²) in [5.74, 6) is 0.742. The van der Waals surface area contributed by atoms with Gasteiger partial charge in [-0.15, -0.1) is 0 Å². The number of H-pyrrole nitrogens is 1. The van der Waals surface area contributed by atoms with Crippen LogP contribution in [0.4, 0.5) is 10.5 Å². The van der Waals surface area contributed by atoms with E-state index in [-0.39, 0.29) is 12.1 Å². The van der Waals surface area contributed by atoms with E-state index in [2.05, 4.69) is 20.6 Å². The zero-order chi connectivity index (χ0) is 17.8. The molecule has 6 heteroatoms. The number of amides is 2. The number of aromatic nitrogens is 2. The SMILES string of the molecule is CC(NC(=O)NCc1ccc(N(C)C)cc1)c1nc2ccccc2[nH]1. The summed E-state index contributed by atoms with van der Waals surface area (Å²) < 4.78 is 0. The molecule has 0 bridgehead atoms. The van der Waals surface area contributed by atoms with Crippen LogP contribution in [0.3, 0.4) is 0 Å². The molecule has 3 rings (SSSR count). The van der Waals surface area contributed by atoms with Gasteiger partial charge in [-0.3, -0.25) is 0 Å². The number of para-hydroxylation sites is 2. The molecule has 25 heavy (non-hydrogen) atoms. The van der Waals surface area contributed by atoms with Crippen LogP contribution < -0.4 is 15.5 Å². The van der Waals surface area contributed by atoms with Crippen molar-refractivity contribution < 1.29 is 4.79 Å². The Morgan fingerprint density at radius 3 is 2.56 bits per heavy atom. The van der Waals surface area contributed by atoms with Crippen LogP contribution in [-0.4, -0.2) is 30.1 Å². The average molecular weight is 337 g/mol. The van der Waals surface area contributed by atoms with Gasteiger partial charge in [0.1, 0.15) is 5.82 Å². The zero-order valence-electron chi connectivity index (χ0n) is 14.7. The number of urea groups is 1. The van der Waals surface area contributed by atoms with E-state index in [1.165, 1.54) is 0 Å². The van der Waals surface area contributed by atoms with Crippen molar-refractivity contribution in [2.24, 2.45) is 0 Å². The Morgan fingerprint density at radius 2 is 1.88 bits per heavy atom. The van der Waals surface area contributed by atoms with Crippen molar-refractivity contribution >= 4 is 22.8 Å². The minimum absolute atomic E-state index is 0.205. The molecule has 0 fully saturated rings. The minimum atomic E-state index is -0.218. The lowest BCUT2D eigenvalue weighted by atomic mass is 10.2. The van der Waals surface area contributed by atoms with Gasteiger partial charge in [-0.05, 0) is 36.8 Å². The third kappa shape index (κ3) is 4.09. The molecular formula is C19H23N5O. The lowest BCUT2D eigenvalue weighted by Crippen LogP contribution is -2.37. The monoisotopic (exact) mass is 337 g/mol. The van der Waals surface area contributed by atoms with Crippen molar-refractivity contribution in [1.29, 1.82) is 0 Å². The first-order valence-electron chi connectivity index (χ1n) is 8.28. The van der Waals surface area contributed by atoms with Gasteiger partial charge in [-0.25, -0.2) is 9.78 Å². The van der Waals surface area contributed by atoms with Crippen molar-refractivity contribution in [3.8, 4) is 0 Å². The summed E-state index contributed by atoms with van der Waals surface area (Å²) in [6, 6.07) is 15.5. The summed E-state index contributed by atoms with van der Waals surface area (Å²) in [5, 5.41) is 5.78. The first kappa shape index (κ1) is 16.8. The number of imidazole rings is 1. The normalized spacial score (nSPS) is 12.0. The van der Waals surface area contributed by atoms with Crippen molar-refractivity contribution in [3.05, 3.63) is 59.9 Å². The number of nitrogens with zero attached hydrogens (tertiary/aromatic N) is 2. The first-order valence-corrected chi connectivity index (χ1v) is 8.28. The number of benzene rings is 2. The van der Waals surface area contributed by atoms with Crippen molar-refractivity contribution in [3.63, 3.8) is 0 Å². The lowest BCUT2D eigenvalue weighted by Gasteiger charge is -2.14. The van der Waals surface area contributed by atoms with Gasteiger partial charge in [-0.1, -0.05) is 24.3 Å². The number of anilines is 1. The molecule has 3 N–H and O–H groups in total. The highest BCUT2D eigenvalue weighted by molar-refractivity contribution is 5.76. The largest absolute Gasteiger partial charge is 0.378 e. The van der Waals surface area contributed by atoms with Gasteiger partial charge in [0, 0.05) is 26.3 Å². The van der Waals surface area contributed by atoms with Crippen molar-refractivity contribution in [1.82, 2.24) is 20.6 Å². The van der Waals surface area contributed by atoms with Crippen LogP contribution >= 0.6 is 0 Å². The number of carbonyl (C=O) groups excluding carboxylic acids is 1. The van der Waals surface area contributed by atoms with Crippen LogP contribution in [0.15, 0.2) is 48.5 Å². The predicted octanol–water partition coefficient (Wildman–Crippen LogP) is 3.19. The van der Waals surface area contributed by atoms with Gasteiger partial charge in [-0.2, -0.15) is 0 Å². The number of nitrogens with one attached hydrogen (secondary N) is 3. The van der Waals surface area contributed by atoms with E-state index in [1.807, 2.05) is 74.4 Å². The average Bonchev–Trinajstić information content (AvgIpc) is 3.04. The van der Waals surface area contributed by atoms with Gasteiger partial charge >= 0.3 is 6.03 Å². The van der Waals surface area contributed by atoms with Crippen LogP contribution in [0.2, 0.25) is 0 Å². The molecular weight excluding hydrogens is 314 g/mol. The highest BCUT2D eigenvalue weighted by atomic mass is 16.2. The molecule has 0 saturated heterocycles. The lowest BCUT2D eigenvalue weighted by molar-refractivity contribution is 0.237. The second-order valence-corrected chi connectivity index (χ2v) is 6.25. The van der Waals surface area contributed by atoms with E-state index >= 15 is 0 Å². The quantitative estimate of drug-likeness (QED) is 0.669. The molecule has 0 aliphatic carbocycles. The van der Waals surface area contributed by atoms with Crippen LogP contribution in [0.5, 0.6) is 0 Å². The molecule has 6 nitrogen and oxygen atoms in total. The van der Waals surface area contributed by atoms with Gasteiger partial charge in [0.05, 0.1) is 17.1 Å². The molecule has 1 heterocycles. The van der Waals surface area contributed by atoms with Crippen LogP contribution in [-0.2, 0) is 6.54 Å².